The zero-order chi connectivity index (χ0) is 15.6. The zero-order valence-corrected chi connectivity index (χ0v) is 13.2. The van der Waals surface area contributed by atoms with E-state index in [9.17, 15) is 0 Å². The van der Waals surface area contributed by atoms with Crippen molar-refractivity contribution in [3.8, 4) is 5.75 Å². The molecule has 0 saturated carbocycles. The summed E-state index contributed by atoms with van der Waals surface area (Å²) in [6.45, 7) is 5.93. The molecule has 23 heavy (non-hydrogen) atoms. The highest BCUT2D eigenvalue weighted by atomic mass is 16.5. The zero-order valence-electron chi connectivity index (χ0n) is 13.2. The lowest BCUT2D eigenvalue weighted by Crippen LogP contribution is -2.38. The van der Waals surface area contributed by atoms with Crippen LogP contribution in [0.3, 0.4) is 0 Å². The van der Waals surface area contributed by atoms with Crippen molar-refractivity contribution in [2.45, 2.75) is 6.92 Å². The van der Waals surface area contributed by atoms with Crippen molar-refractivity contribution >= 4 is 11.4 Å². The number of aryl methyl sites for hydroxylation is 1. The fourth-order valence-corrected chi connectivity index (χ4v) is 2.93. The molecule has 3 aliphatic rings. The SMILES string of the molecule is Cc1ccc2cc1OCCNCCN=C1C=CN3NCC2=C3N1. The van der Waals surface area contributed by atoms with E-state index in [2.05, 4.69) is 46.2 Å². The van der Waals surface area contributed by atoms with Crippen molar-refractivity contribution in [1.29, 1.82) is 0 Å². The third-order valence-corrected chi connectivity index (χ3v) is 4.22. The van der Waals surface area contributed by atoms with Crippen LogP contribution in [0.2, 0.25) is 0 Å². The molecule has 0 radical (unpaired) electrons. The van der Waals surface area contributed by atoms with E-state index in [1.54, 1.807) is 0 Å². The molecule has 0 unspecified atom stereocenters. The van der Waals surface area contributed by atoms with E-state index < -0.39 is 0 Å². The number of amidine groups is 1. The fourth-order valence-electron chi connectivity index (χ4n) is 2.93. The summed E-state index contributed by atoms with van der Waals surface area (Å²) in [7, 11) is 0. The second kappa shape index (κ2) is 6.06. The lowest BCUT2D eigenvalue weighted by Gasteiger charge is -2.24. The first-order valence-corrected chi connectivity index (χ1v) is 8.01. The minimum atomic E-state index is 0.662. The molecule has 6 heteroatoms. The molecule has 0 spiro atoms. The molecule has 0 saturated heterocycles. The normalized spacial score (nSPS) is 20.6. The van der Waals surface area contributed by atoms with E-state index in [1.807, 2.05) is 17.3 Å². The summed E-state index contributed by atoms with van der Waals surface area (Å²) in [5, 5.41) is 8.80. The Balaban J connectivity index is 1.77. The summed E-state index contributed by atoms with van der Waals surface area (Å²) in [5.41, 5.74) is 6.92. The van der Waals surface area contributed by atoms with E-state index in [0.29, 0.717) is 6.61 Å². The van der Waals surface area contributed by atoms with Gasteiger partial charge in [0.1, 0.15) is 24.0 Å². The van der Waals surface area contributed by atoms with Gasteiger partial charge in [-0.15, -0.1) is 0 Å². The van der Waals surface area contributed by atoms with Crippen LogP contribution in [0.5, 0.6) is 5.75 Å². The average molecular weight is 311 g/mol. The van der Waals surface area contributed by atoms with Crippen LogP contribution in [-0.4, -0.2) is 43.6 Å². The maximum atomic E-state index is 5.94. The number of rotatable bonds is 0. The van der Waals surface area contributed by atoms with E-state index in [4.69, 9.17) is 4.74 Å². The standard InChI is InChI=1S/C17H21N5O/c1-12-2-3-13-10-15(12)23-9-7-18-5-6-19-16-4-8-22-17(21-16)14(13)11-20-22/h2-4,8,10,18,20H,5-7,9,11H2,1H3,(H,19,21). The van der Waals surface area contributed by atoms with Gasteiger partial charge in [0.25, 0.3) is 0 Å². The molecular weight excluding hydrogens is 290 g/mol. The Morgan fingerprint density at radius 3 is 3.17 bits per heavy atom. The Hall–Kier alpha value is -2.31. The maximum absolute atomic E-state index is 5.94. The predicted molar refractivity (Wildman–Crippen MR) is 90.9 cm³/mol. The minimum absolute atomic E-state index is 0.662. The maximum Gasteiger partial charge on any atom is 0.131 e. The molecule has 0 amide bonds. The monoisotopic (exact) mass is 311 g/mol. The molecule has 6 nitrogen and oxygen atoms in total. The molecule has 4 rings (SSSR count). The number of nitrogens with zero attached hydrogens (tertiary/aromatic N) is 2. The van der Waals surface area contributed by atoms with Crippen LogP contribution in [0, 0.1) is 6.92 Å². The van der Waals surface area contributed by atoms with Gasteiger partial charge in [-0.25, -0.2) is 5.43 Å². The Morgan fingerprint density at radius 2 is 2.22 bits per heavy atom. The summed E-state index contributed by atoms with van der Waals surface area (Å²) in [6.07, 6.45) is 4.01. The second-order valence-electron chi connectivity index (χ2n) is 5.82. The van der Waals surface area contributed by atoms with E-state index in [0.717, 1.165) is 49.1 Å². The lowest BCUT2D eigenvalue weighted by atomic mass is 10.0. The Labute approximate surface area is 135 Å². The highest BCUT2D eigenvalue weighted by Gasteiger charge is 2.25. The summed E-state index contributed by atoms with van der Waals surface area (Å²) in [4.78, 5) is 4.60. The number of hydrogen-bond acceptors (Lipinski definition) is 6. The number of benzene rings is 1. The number of ether oxygens (including phenoxy) is 1. The molecule has 0 fully saturated rings. The Bertz CT molecular complexity index is 707. The molecule has 3 aliphatic heterocycles. The van der Waals surface area contributed by atoms with Crippen molar-refractivity contribution in [3.63, 3.8) is 0 Å². The fraction of sp³-hybridized carbons (Fsp3) is 0.353. The topological polar surface area (TPSA) is 60.9 Å². The van der Waals surface area contributed by atoms with Crippen LogP contribution in [0.25, 0.3) is 5.57 Å². The second-order valence-corrected chi connectivity index (χ2v) is 5.82. The van der Waals surface area contributed by atoms with Crippen LogP contribution in [0.4, 0.5) is 0 Å². The third-order valence-electron chi connectivity index (χ3n) is 4.22. The molecule has 1 aromatic rings. The van der Waals surface area contributed by atoms with Crippen molar-refractivity contribution in [1.82, 2.24) is 21.1 Å². The molecule has 120 valence electrons. The van der Waals surface area contributed by atoms with Gasteiger partial charge < -0.3 is 15.4 Å². The molecule has 0 aromatic heterocycles. The van der Waals surface area contributed by atoms with Crippen LogP contribution >= 0.6 is 0 Å². The van der Waals surface area contributed by atoms with Gasteiger partial charge in [-0.1, -0.05) is 12.1 Å². The van der Waals surface area contributed by atoms with Gasteiger partial charge in [0.2, 0.25) is 0 Å². The number of nitrogens with one attached hydrogen (secondary N) is 3. The van der Waals surface area contributed by atoms with Gasteiger partial charge in [-0.2, -0.15) is 0 Å². The van der Waals surface area contributed by atoms with Crippen LogP contribution in [0.1, 0.15) is 11.1 Å². The third kappa shape index (κ3) is 2.83. The quantitative estimate of drug-likeness (QED) is 0.667. The van der Waals surface area contributed by atoms with Gasteiger partial charge >= 0.3 is 0 Å². The van der Waals surface area contributed by atoms with Gasteiger partial charge in [0.05, 0.1) is 6.54 Å². The molecule has 3 N–H and O–H groups in total. The summed E-state index contributed by atoms with van der Waals surface area (Å²) < 4.78 is 5.94. The van der Waals surface area contributed by atoms with Crippen molar-refractivity contribution in [2.24, 2.45) is 4.99 Å². The van der Waals surface area contributed by atoms with Crippen molar-refractivity contribution in [2.75, 3.05) is 32.8 Å². The number of hydrazine groups is 1. The molecule has 1 aromatic carbocycles. The Morgan fingerprint density at radius 1 is 1.26 bits per heavy atom. The van der Waals surface area contributed by atoms with Crippen LogP contribution < -0.4 is 20.8 Å². The summed E-state index contributed by atoms with van der Waals surface area (Å²) in [5.74, 6) is 2.90. The van der Waals surface area contributed by atoms with Gasteiger partial charge in [0.15, 0.2) is 0 Å². The summed E-state index contributed by atoms with van der Waals surface area (Å²) in [6, 6.07) is 6.40. The van der Waals surface area contributed by atoms with E-state index in [-0.39, 0.29) is 0 Å². The van der Waals surface area contributed by atoms with Gasteiger partial charge in [-0.05, 0) is 30.2 Å². The largest absolute Gasteiger partial charge is 0.492 e. The molecule has 0 aliphatic carbocycles. The highest BCUT2D eigenvalue weighted by Crippen LogP contribution is 2.29. The van der Waals surface area contributed by atoms with E-state index in [1.165, 1.54) is 11.1 Å². The first-order valence-electron chi connectivity index (χ1n) is 8.01. The molecular formula is C17H21N5O. The predicted octanol–water partition coefficient (Wildman–Crippen LogP) is 0.981. The smallest absolute Gasteiger partial charge is 0.131 e. The number of fused-ring (bicyclic) bond motifs is 4. The minimum Gasteiger partial charge on any atom is -0.492 e. The van der Waals surface area contributed by atoms with Crippen molar-refractivity contribution in [3.05, 3.63) is 47.4 Å². The first kappa shape index (κ1) is 14.3. The number of hydrogen-bond donors (Lipinski definition) is 3. The van der Waals surface area contributed by atoms with Gasteiger partial charge in [-0.3, -0.25) is 10.0 Å². The molecule has 0 atom stereocenters. The number of aliphatic imine (C=N–C) groups is 1. The molecule has 4 bridgehead atoms. The lowest BCUT2D eigenvalue weighted by molar-refractivity contribution is 0.313. The average Bonchev–Trinajstić information content (AvgIpc) is 2.98. The van der Waals surface area contributed by atoms with Crippen molar-refractivity contribution < 1.29 is 4.74 Å². The Kier molecular flexibility index (Phi) is 3.77. The van der Waals surface area contributed by atoms with Crippen LogP contribution in [0.15, 0.2) is 41.3 Å². The van der Waals surface area contributed by atoms with E-state index >= 15 is 0 Å². The highest BCUT2D eigenvalue weighted by molar-refractivity contribution is 5.96. The van der Waals surface area contributed by atoms with Crippen LogP contribution in [-0.2, 0) is 0 Å². The van der Waals surface area contributed by atoms with Gasteiger partial charge in [0, 0.05) is 31.4 Å². The first-order chi connectivity index (χ1) is 11.3. The summed E-state index contributed by atoms with van der Waals surface area (Å²) >= 11 is 0. The molecule has 3 heterocycles.